The SMILES string of the molecule is CC1(C)OB(c2cccc(B3OC(C)(C)C(C)(C)O3)c2Cl)OC1(C)C. The largest absolute Gasteiger partial charge is 0.496 e. The summed E-state index contributed by atoms with van der Waals surface area (Å²) in [5.41, 5.74) is -0.0641. The van der Waals surface area contributed by atoms with Gasteiger partial charge in [-0.05, 0) is 55.4 Å². The topological polar surface area (TPSA) is 36.9 Å². The van der Waals surface area contributed by atoms with Gasteiger partial charge >= 0.3 is 14.2 Å². The Labute approximate surface area is 156 Å². The zero-order valence-corrected chi connectivity index (χ0v) is 17.2. The summed E-state index contributed by atoms with van der Waals surface area (Å²) in [5, 5.41) is 0.569. The lowest BCUT2D eigenvalue weighted by Crippen LogP contribution is -2.42. The first kappa shape index (κ1) is 19.2. The van der Waals surface area contributed by atoms with Crippen molar-refractivity contribution in [2.75, 3.05) is 0 Å². The summed E-state index contributed by atoms with van der Waals surface area (Å²) >= 11 is 6.72. The molecule has 0 spiro atoms. The number of rotatable bonds is 2. The molecule has 2 aliphatic heterocycles. The third-order valence-electron chi connectivity index (χ3n) is 6.07. The van der Waals surface area contributed by atoms with Crippen LogP contribution in [-0.4, -0.2) is 36.6 Å². The highest BCUT2D eigenvalue weighted by atomic mass is 35.5. The second kappa shape index (κ2) is 5.74. The van der Waals surface area contributed by atoms with Gasteiger partial charge in [0.2, 0.25) is 0 Å². The van der Waals surface area contributed by atoms with Crippen molar-refractivity contribution in [3.63, 3.8) is 0 Å². The van der Waals surface area contributed by atoms with Crippen LogP contribution in [0, 0.1) is 0 Å². The Bertz CT molecular complexity index is 601. The second-order valence-electron chi connectivity index (χ2n) is 8.93. The van der Waals surface area contributed by atoms with Crippen LogP contribution in [0.25, 0.3) is 0 Å². The molecule has 2 aliphatic rings. The molecule has 0 amide bonds. The molecule has 0 atom stereocenters. The van der Waals surface area contributed by atoms with Crippen LogP contribution in [-0.2, 0) is 18.6 Å². The van der Waals surface area contributed by atoms with Gasteiger partial charge in [0, 0.05) is 15.9 Å². The monoisotopic (exact) mass is 364 g/mol. The van der Waals surface area contributed by atoms with E-state index < -0.39 is 36.6 Å². The zero-order chi connectivity index (χ0) is 18.8. The fourth-order valence-electron chi connectivity index (χ4n) is 2.87. The smallest absolute Gasteiger partial charge is 0.399 e. The molecule has 2 saturated heterocycles. The Morgan fingerprint density at radius 3 is 1.20 bits per heavy atom. The van der Waals surface area contributed by atoms with Crippen molar-refractivity contribution < 1.29 is 18.6 Å². The molecule has 0 aliphatic carbocycles. The molecule has 2 heterocycles. The minimum absolute atomic E-state index is 0.415. The molecule has 25 heavy (non-hydrogen) atoms. The van der Waals surface area contributed by atoms with Crippen LogP contribution in [0.15, 0.2) is 18.2 Å². The van der Waals surface area contributed by atoms with E-state index in [9.17, 15) is 0 Å². The Morgan fingerprint density at radius 2 is 0.920 bits per heavy atom. The Hall–Kier alpha value is -0.520. The van der Waals surface area contributed by atoms with Crippen molar-refractivity contribution in [3.8, 4) is 0 Å². The maximum atomic E-state index is 6.72. The normalized spacial score (nSPS) is 26.3. The Morgan fingerprint density at radius 1 is 0.640 bits per heavy atom. The predicted molar refractivity (Wildman–Crippen MR) is 103 cm³/mol. The van der Waals surface area contributed by atoms with Crippen molar-refractivity contribution in [2.24, 2.45) is 0 Å². The third kappa shape index (κ3) is 3.06. The summed E-state index contributed by atoms with van der Waals surface area (Å²) in [5.74, 6) is 0. The van der Waals surface area contributed by atoms with Gasteiger partial charge < -0.3 is 18.6 Å². The van der Waals surface area contributed by atoms with Gasteiger partial charge in [-0.2, -0.15) is 0 Å². The summed E-state index contributed by atoms with van der Waals surface area (Å²) in [7, 11) is -1.03. The molecule has 0 radical (unpaired) electrons. The highest BCUT2D eigenvalue weighted by molar-refractivity contribution is 6.71. The average molecular weight is 364 g/mol. The molecule has 0 aromatic heterocycles. The van der Waals surface area contributed by atoms with Gasteiger partial charge in [0.15, 0.2) is 0 Å². The van der Waals surface area contributed by atoms with Gasteiger partial charge in [-0.3, -0.25) is 0 Å². The van der Waals surface area contributed by atoms with Gasteiger partial charge in [-0.25, -0.2) is 0 Å². The van der Waals surface area contributed by atoms with Gasteiger partial charge in [-0.15, -0.1) is 0 Å². The number of hydrogen-bond acceptors (Lipinski definition) is 4. The molecular weight excluding hydrogens is 337 g/mol. The van der Waals surface area contributed by atoms with Crippen molar-refractivity contribution in [2.45, 2.75) is 77.8 Å². The standard InChI is InChI=1S/C18H27B2ClO4/c1-15(2)16(3,4)23-19(22-15)12-10-9-11-13(14(12)21)20-24-17(5,6)18(7,8)25-20/h9-11H,1-8H3. The highest BCUT2D eigenvalue weighted by Gasteiger charge is 2.54. The van der Waals surface area contributed by atoms with E-state index in [-0.39, 0.29) is 0 Å². The van der Waals surface area contributed by atoms with Crippen LogP contribution in [0.3, 0.4) is 0 Å². The lowest BCUT2D eigenvalue weighted by atomic mass is 9.71. The Kier molecular flexibility index (Phi) is 4.42. The molecule has 0 bridgehead atoms. The minimum atomic E-state index is -0.514. The zero-order valence-electron chi connectivity index (χ0n) is 16.4. The van der Waals surface area contributed by atoms with Crippen molar-refractivity contribution in [1.29, 1.82) is 0 Å². The Balaban J connectivity index is 1.93. The van der Waals surface area contributed by atoms with Crippen molar-refractivity contribution in [1.82, 2.24) is 0 Å². The first-order valence-electron chi connectivity index (χ1n) is 8.77. The average Bonchev–Trinajstić information content (AvgIpc) is 2.78. The molecule has 1 aromatic carbocycles. The lowest BCUT2D eigenvalue weighted by Gasteiger charge is -2.32. The van der Waals surface area contributed by atoms with Gasteiger partial charge in [0.05, 0.1) is 22.4 Å². The first-order valence-corrected chi connectivity index (χ1v) is 9.15. The summed E-state index contributed by atoms with van der Waals surface area (Å²) in [4.78, 5) is 0. The van der Waals surface area contributed by atoms with E-state index in [0.29, 0.717) is 5.02 Å². The minimum Gasteiger partial charge on any atom is -0.399 e. The molecule has 0 saturated carbocycles. The molecule has 136 valence electrons. The molecular formula is C18H27B2ClO4. The van der Waals surface area contributed by atoms with E-state index in [2.05, 4.69) is 0 Å². The van der Waals surface area contributed by atoms with E-state index >= 15 is 0 Å². The van der Waals surface area contributed by atoms with Crippen LogP contribution >= 0.6 is 11.6 Å². The lowest BCUT2D eigenvalue weighted by molar-refractivity contribution is 0.00578. The fraction of sp³-hybridized carbons (Fsp3) is 0.667. The molecule has 4 nitrogen and oxygen atoms in total. The molecule has 0 unspecified atom stereocenters. The van der Waals surface area contributed by atoms with Crippen LogP contribution in [0.5, 0.6) is 0 Å². The molecule has 0 N–H and O–H groups in total. The van der Waals surface area contributed by atoms with Gasteiger partial charge in [0.25, 0.3) is 0 Å². The number of hydrogen-bond donors (Lipinski definition) is 0. The van der Waals surface area contributed by atoms with Crippen LogP contribution < -0.4 is 10.9 Å². The van der Waals surface area contributed by atoms with E-state index in [1.54, 1.807) is 0 Å². The molecule has 3 rings (SSSR count). The van der Waals surface area contributed by atoms with E-state index in [0.717, 1.165) is 10.9 Å². The number of halogens is 1. The third-order valence-corrected chi connectivity index (χ3v) is 6.51. The predicted octanol–water partition coefficient (Wildman–Crippen LogP) is 2.94. The quantitative estimate of drug-likeness (QED) is 0.756. The fourth-order valence-corrected chi connectivity index (χ4v) is 3.18. The van der Waals surface area contributed by atoms with Crippen LogP contribution in [0.2, 0.25) is 5.02 Å². The van der Waals surface area contributed by atoms with Crippen LogP contribution in [0.4, 0.5) is 0 Å². The number of benzene rings is 1. The highest BCUT2D eigenvalue weighted by Crippen LogP contribution is 2.38. The summed E-state index contributed by atoms with van der Waals surface area (Å²) in [6.07, 6.45) is 0. The van der Waals surface area contributed by atoms with Gasteiger partial charge in [0.1, 0.15) is 0 Å². The molecule has 2 fully saturated rings. The maximum Gasteiger partial charge on any atom is 0.496 e. The van der Waals surface area contributed by atoms with E-state index in [4.69, 9.17) is 30.2 Å². The van der Waals surface area contributed by atoms with Crippen LogP contribution in [0.1, 0.15) is 55.4 Å². The van der Waals surface area contributed by atoms with E-state index in [1.165, 1.54) is 0 Å². The summed E-state index contributed by atoms with van der Waals surface area (Å²) in [6, 6.07) is 5.80. The summed E-state index contributed by atoms with van der Waals surface area (Å²) in [6.45, 7) is 16.2. The maximum absolute atomic E-state index is 6.72. The van der Waals surface area contributed by atoms with Crippen molar-refractivity contribution in [3.05, 3.63) is 23.2 Å². The summed E-state index contributed by atoms with van der Waals surface area (Å²) < 4.78 is 24.6. The molecule has 7 heteroatoms. The van der Waals surface area contributed by atoms with E-state index in [1.807, 2.05) is 73.6 Å². The first-order chi connectivity index (χ1) is 11.3. The van der Waals surface area contributed by atoms with Gasteiger partial charge in [-0.1, -0.05) is 29.8 Å². The molecule has 1 aromatic rings. The second-order valence-corrected chi connectivity index (χ2v) is 9.30. The van der Waals surface area contributed by atoms with Crippen molar-refractivity contribution >= 4 is 36.8 Å².